The maximum atomic E-state index is 13.6. The topological polar surface area (TPSA) is 114 Å². The number of hydrogen-bond acceptors (Lipinski definition) is 6. The van der Waals surface area contributed by atoms with E-state index in [0.29, 0.717) is 19.3 Å². The first-order valence-corrected chi connectivity index (χ1v) is 11.9. The second-order valence-electron chi connectivity index (χ2n) is 9.62. The van der Waals surface area contributed by atoms with Crippen molar-refractivity contribution in [1.29, 1.82) is 0 Å². The summed E-state index contributed by atoms with van der Waals surface area (Å²) in [6.45, 7) is 8.56. The maximum Gasteiger partial charge on any atom is 0.408 e. The summed E-state index contributed by atoms with van der Waals surface area (Å²) in [5, 5.41) is 5.27. The average Bonchev–Trinajstić information content (AvgIpc) is 2.86. The molecule has 0 bridgehead atoms. The van der Waals surface area contributed by atoms with Crippen LogP contribution in [0.5, 0.6) is 0 Å². The predicted octanol–water partition coefficient (Wildman–Crippen LogP) is 3.09. The molecule has 1 heterocycles. The van der Waals surface area contributed by atoms with Gasteiger partial charge in [0.25, 0.3) is 0 Å². The summed E-state index contributed by atoms with van der Waals surface area (Å²) in [4.78, 5) is 53.0. The van der Waals surface area contributed by atoms with Gasteiger partial charge in [-0.2, -0.15) is 0 Å². The SMILES string of the molecule is CCOC(=O)C1C/C=C\CCC(C)(N(Cc2ccccc2)C(=O)CNC(=O)OC(C)(C)C)C(=O)N1. The molecule has 35 heavy (non-hydrogen) atoms. The fourth-order valence-electron chi connectivity index (χ4n) is 3.72. The standard InChI is InChI=1S/C26H37N3O6/c1-6-34-22(31)20-15-11-8-12-16-26(5,23(32)28-20)29(18-19-13-9-7-10-14-19)21(30)17-27-24(33)35-25(2,3)4/h7-11,13-14,20H,6,12,15-18H2,1-5H3,(H,27,33)(H,28,32)/b11-8-. The molecular formula is C26H37N3O6. The van der Waals surface area contributed by atoms with E-state index in [2.05, 4.69) is 10.6 Å². The number of ether oxygens (including phenoxy) is 2. The molecule has 192 valence electrons. The minimum atomic E-state index is -1.29. The first kappa shape index (κ1) is 27.9. The van der Waals surface area contributed by atoms with Gasteiger partial charge in [0.2, 0.25) is 11.8 Å². The van der Waals surface area contributed by atoms with Crippen LogP contribution in [-0.4, -0.2) is 59.1 Å². The zero-order chi connectivity index (χ0) is 26.1. The second kappa shape index (κ2) is 12.4. The molecule has 0 saturated carbocycles. The molecule has 1 aromatic rings. The number of amides is 3. The number of hydrogen-bond donors (Lipinski definition) is 2. The lowest BCUT2D eigenvalue weighted by Gasteiger charge is -2.40. The van der Waals surface area contributed by atoms with Gasteiger partial charge >= 0.3 is 12.1 Å². The Bertz CT molecular complexity index is 925. The molecule has 0 fully saturated rings. The van der Waals surface area contributed by atoms with Crippen LogP contribution >= 0.6 is 0 Å². The average molecular weight is 488 g/mol. The molecule has 9 heteroatoms. The molecule has 0 aromatic heterocycles. The monoisotopic (exact) mass is 487 g/mol. The number of carbonyl (C=O) groups excluding carboxylic acids is 4. The Morgan fingerprint density at radius 3 is 2.49 bits per heavy atom. The van der Waals surface area contributed by atoms with Gasteiger partial charge in [-0.1, -0.05) is 42.5 Å². The Balaban J connectivity index is 2.33. The summed E-state index contributed by atoms with van der Waals surface area (Å²) in [6.07, 6.45) is 4.16. The summed E-state index contributed by atoms with van der Waals surface area (Å²) in [6, 6.07) is 8.43. The van der Waals surface area contributed by atoms with Crippen molar-refractivity contribution in [2.75, 3.05) is 13.2 Å². The summed E-state index contributed by atoms with van der Waals surface area (Å²) >= 11 is 0. The van der Waals surface area contributed by atoms with Crippen molar-refractivity contribution in [2.24, 2.45) is 0 Å². The normalized spacial score (nSPS) is 21.4. The molecule has 0 spiro atoms. The van der Waals surface area contributed by atoms with E-state index >= 15 is 0 Å². The van der Waals surface area contributed by atoms with Crippen LogP contribution in [-0.2, 0) is 30.4 Å². The van der Waals surface area contributed by atoms with E-state index < -0.39 is 41.1 Å². The Morgan fingerprint density at radius 1 is 1.17 bits per heavy atom. The fourth-order valence-corrected chi connectivity index (χ4v) is 3.72. The molecule has 1 aliphatic rings. The van der Waals surface area contributed by atoms with E-state index in [4.69, 9.17) is 9.47 Å². The molecule has 2 N–H and O–H groups in total. The molecule has 9 nitrogen and oxygen atoms in total. The van der Waals surface area contributed by atoms with E-state index in [1.807, 2.05) is 42.5 Å². The number of nitrogens with one attached hydrogen (secondary N) is 2. The van der Waals surface area contributed by atoms with Gasteiger partial charge in [-0.15, -0.1) is 0 Å². The maximum absolute atomic E-state index is 13.6. The van der Waals surface area contributed by atoms with E-state index in [1.165, 1.54) is 4.90 Å². The minimum Gasteiger partial charge on any atom is -0.464 e. The largest absolute Gasteiger partial charge is 0.464 e. The number of carbonyl (C=O) groups is 4. The molecule has 0 saturated heterocycles. The quantitative estimate of drug-likeness (QED) is 0.451. The van der Waals surface area contributed by atoms with Crippen LogP contribution in [0.2, 0.25) is 0 Å². The Labute approximate surface area is 207 Å². The van der Waals surface area contributed by atoms with Gasteiger partial charge in [-0.25, -0.2) is 9.59 Å². The van der Waals surface area contributed by atoms with Crippen molar-refractivity contribution >= 4 is 23.9 Å². The van der Waals surface area contributed by atoms with E-state index in [0.717, 1.165) is 5.56 Å². The van der Waals surface area contributed by atoms with Crippen molar-refractivity contribution in [1.82, 2.24) is 15.5 Å². The van der Waals surface area contributed by atoms with Crippen molar-refractivity contribution in [3.05, 3.63) is 48.0 Å². The zero-order valence-corrected chi connectivity index (χ0v) is 21.3. The molecule has 1 aliphatic heterocycles. The number of allylic oxidation sites excluding steroid dienone is 1. The van der Waals surface area contributed by atoms with Gasteiger partial charge in [0.15, 0.2) is 0 Å². The Kier molecular flexibility index (Phi) is 9.86. The fraction of sp³-hybridized carbons (Fsp3) is 0.538. The van der Waals surface area contributed by atoms with Crippen LogP contribution in [0.15, 0.2) is 42.5 Å². The molecule has 0 radical (unpaired) electrons. The van der Waals surface area contributed by atoms with E-state index in [-0.39, 0.29) is 19.7 Å². The smallest absolute Gasteiger partial charge is 0.408 e. The van der Waals surface area contributed by atoms with Gasteiger partial charge in [0, 0.05) is 6.54 Å². The van der Waals surface area contributed by atoms with Gasteiger partial charge in [-0.05, 0) is 59.4 Å². The van der Waals surface area contributed by atoms with Crippen LogP contribution < -0.4 is 10.6 Å². The third-order valence-electron chi connectivity index (χ3n) is 5.57. The van der Waals surface area contributed by atoms with E-state index in [1.54, 1.807) is 34.6 Å². The Hall–Kier alpha value is -3.36. The molecule has 2 unspecified atom stereocenters. The van der Waals surface area contributed by atoms with Gasteiger partial charge < -0.3 is 25.0 Å². The molecule has 0 aliphatic carbocycles. The van der Waals surface area contributed by atoms with E-state index in [9.17, 15) is 19.2 Å². The van der Waals surface area contributed by atoms with Crippen LogP contribution in [0.25, 0.3) is 0 Å². The highest BCUT2D eigenvalue weighted by Crippen LogP contribution is 2.26. The summed E-state index contributed by atoms with van der Waals surface area (Å²) in [5.74, 6) is -1.43. The molecule has 2 rings (SSSR count). The second-order valence-corrected chi connectivity index (χ2v) is 9.62. The number of nitrogens with zero attached hydrogens (tertiary/aromatic N) is 1. The van der Waals surface area contributed by atoms with Crippen molar-refractivity contribution < 1.29 is 28.7 Å². The minimum absolute atomic E-state index is 0.146. The zero-order valence-electron chi connectivity index (χ0n) is 21.3. The first-order chi connectivity index (χ1) is 16.5. The van der Waals surface area contributed by atoms with Crippen LogP contribution in [0, 0.1) is 0 Å². The third kappa shape index (κ3) is 8.42. The number of esters is 1. The van der Waals surface area contributed by atoms with Crippen molar-refractivity contribution in [3.8, 4) is 0 Å². The summed E-state index contributed by atoms with van der Waals surface area (Å²) < 4.78 is 10.3. The summed E-state index contributed by atoms with van der Waals surface area (Å²) in [7, 11) is 0. The van der Waals surface area contributed by atoms with Crippen LogP contribution in [0.3, 0.4) is 0 Å². The molecular weight excluding hydrogens is 450 g/mol. The van der Waals surface area contributed by atoms with Crippen molar-refractivity contribution in [3.63, 3.8) is 0 Å². The van der Waals surface area contributed by atoms with Crippen LogP contribution in [0.1, 0.15) is 59.4 Å². The highest BCUT2D eigenvalue weighted by molar-refractivity contribution is 5.94. The lowest BCUT2D eigenvalue weighted by atomic mass is 9.91. The number of benzene rings is 1. The number of rotatable bonds is 7. The van der Waals surface area contributed by atoms with Gasteiger partial charge in [-0.3, -0.25) is 9.59 Å². The van der Waals surface area contributed by atoms with Crippen molar-refractivity contribution in [2.45, 2.75) is 77.6 Å². The lowest BCUT2D eigenvalue weighted by Crippen LogP contribution is -2.62. The van der Waals surface area contributed by atoms with Gasteiger partial charge in [0.1, 0.15) is 23.7 Å². The summed E-state index contributed by atoms with van der Waals surface area (Å²) in [5.41, 5.74) is -1.18. The Morgan fingerprint density at radius 2 is 1.86 bits per heavy atom. The number of alkyl carbamates (subject to hydrolysis) is 1. The predicted molar refractivity (Wildman–Crippen MR) is 131 cm³/mol. The lowest BCUT2D eigenvalue weighted by molar-refractivity contribution is -0.152. The van der Waals surface area contributed by atoms with Crippen LogP contribution in [0.4, 0.5) is 4.79 Å². The molecule has 3 amide bonds. The first-order valence-electron chi connectivity index (χ1n) is 11.9. The molecule has 2 atom stereocenters. The molecule has 1 aromatic carbocycles. The highest BCUT2D eigenvalue weighted by atomic mass is 16.6. The van der Waals surface area contributed by atoms with Gasteiger partial charge in [0.05, 0.1) is 6.61 Å². The highest BCUT2D eigenvalue weighted by Gasteiger charge is 2.43. The third-order valence-corrected chi connectivity index (χ3v) is 5.57.